The Bertz CT molecular complexity index is 528. The molecule has 4 nitrogen and oxygen atoms in total. The fourth-order valence-electron chi connectivity index (χ4n) is 1.80. The van der Waals surface area contributed by atoms with E-state index in [-0.39, 0.29) is 17.0 Å². The largest absolute Gasteiger partial charge is 0.326 e. The molecule has 100 valence electrons. The van der Waals surface area contributed by atoms with E-state index in [1.54, 1.807) is 11.8 Å². The van der Waals surface area contributed by atoms with Crippen LogP contribution in [0.4, 0.5) is 4.39 Å². The SMILES string of the molecule is NCc1cc(S(=O)(=O)N2CCSCC2)ccc1F. The Kier molecular flexibility index (Phi) is 4.26. The number of thioether (sulfide) groups is 1. The van der Waals surface area contributed by atoms with Crippen LogP contribution in [0.1, 0.15) is 5.56 Å². The first-order valence-corrected chi connectivity index (χ1v) is 8.21. The smallest absolute Gasteiger partial charge is 0.243 e. The molecule has 1 fully saturated rings. The second-order valence-corrected chi connectivity index (χ2v) is 7.14. The number of hydrogen-bond acceptors (Lipinski definition) is 4. The standard InChI is InChI=1S/C11H15FN2O2S2/c12-11-2-1-10(7-9(11)8-13)18(15,16)14-3-5-17-6-4-14/h1-2,7H,3-6,8,13H2. The van der Waals surface area contributed by atoms with Gasteiger partial charge >= 0.3 is 0 Å². The third-order valence-electron chi connectivity index (χ3n) is 2.84. The lowest BCUT2D eigenvalue weighted by atomic mass is 10.2. The molecule has 1 aromatic rings. The molecular formula is C11H15FN2O2S2. The Labute approximate surface area is 110 Å². The zero-order chi connectivity index (χ0) is 13.2. The van der Waals surface area contributed by atoms with Gasteiger partial charge in [0.2, 0.25) is 10.0 Å². The van der Waals surface area contributed by atoms with Crippen molar-refractivity contribution < 1.29 is 12.8 Å². The van der Waals surface area contributed by atoms with Crippen LogP contribution in [0.2, 0.25) is 0 Å². The number of benzene rings is 1. The number of rotatable bonds is 3. The molecule has 0 atom stereocenters. The highest BCUT2D eigenvalue weighted by atomic mass is 32.2. The lowest BCUT2D eigenvalue weighted by Crippen LogP contribution is -2.37. The maximum absolute atomic E-state index is 13.3. The van der Waals surface area contributed by atoms with Crippen LogP contribution in [-0.2, 0) is 16.6 Å². The monoisotopic (exact) mass is 290 g/mol. The van der Waals surface area contributed by atoms with Crippen molar-refractivity contribution in [3.8, 4) is 0 Å². The van der Waals surface area contributed by atoms with Gasteiger partial charge in [-0.3, -0.25) is 0 Å². The van der Waals surface area contributed by atoms with Gasteiger partial charge in [-0.15, -0.1) is 0 Å². The first-order chi connectivity index (χ1) is 8.55. The van der Waals surface area contributed by atoms with E-state index < -0.39 is 15.8 Å². The van der Waals surface area contributed by atoms with Crippen LogP contribution in [0.3, 0.4) is 0 Å². The van der Waals surface area contributed by atoms with Crippen LogP contribution in [0.5, 0.6) is 0 Å². The Morgan fingerprint density at radius 1 is 1.33 bits per heavy atom. The third kappa shape index (κ3) is 2.69. The number of hydrogen-bond donors (Lipinski definition) is 1. The van der Waals surface area contributed by atoms with E-state index in [1.165, 1.54) is 16.4 Å². The van der Waals surface area contributed by atoms with Crippen LogP contribution < -0.4 is 5.73 Å². The van der Waals surface area contributed by atoms with Gasteiger partial charge < -0.3 is 5.73 Å². The van der Waals surface area contributed by atoms with Gasteiger partial charge in [-0.25, -0.2) is 12.8 Å². The molecule has 0 saturated carbocycles. The van der Waals surface area contributed by atoms with Crippen molar-refractivity contribution in [3.63, 3.8) is 0 Å². The summed E-state index contributed by atoms with van der Waals surface area (Å²) >= 11 is 1.73. The zero-order valence-corrected chi connectivity index (χ0v) is 11.4. The molecule has 0 bridgehead atoms. The first kappa shape index (κ1) is 13.8. The summed E-state index contributed by atoms with van der Waals surface area (Å²) in [5.41, 5.74) is 5.61. The molecule has 0 radical (unpaired) electrons. The first-order valence-electron chi connectivity index (χ1n) is 5.62. The molecule has 0 unspecified atom stereocenters. The molecule has 0 spiro atoms. The quantitative estimate of drug-likeness (QED) is 0.903. The molecular weight excluding hydrogens is 275 g/mol. The van der Waals surface area contributed by atoms with E-state index in [1.807, 2.05) is 0 Å². The molecule has 1 aliphatic heterocycles. The van der Waals surface area contributed by atoms with E-state index in [2.05, 4.69) is 0 Å². The minimum atomic E-state index is -3.51. The average Bonchev–Trinajstić information content (AvgIpc) is 2.40. The predicted molar refractivity (Wildman–Crippen MR) is 70.4 cm³/mol. The second-order valence-electron chi connectivity index (χ2n) is 3.97. The topological polar surface area (TPSA) is 63.4 Å². The van der Waals surface area contributed by atoms with Gasteiger partial charge in [-0.2, -0.15) is 16.1 Å². The summed E-state index contributed by atoms with van der Waals surface area (Å²) in [7, 11) is -3.51. The second kappa shape index (κ2) is 5.56. The van der Waals surface area contributed by atoms with E-state index >= 15 is 0 Å². The summed E-state index contributed by atoms with van der Waals surface area (Å²) in [6.07, 6.45) is 0. The zero-order valence-electron chi connectivity index (χ0n) is 9.80. The van der Waals surface area contributed by atoms with Crippen molar-refractivity contribution in [1.82, 2.24) is 4.31 Å². The molecule has 1 saturated heterocycles. The maximum Gasteiger partial charge on any atom is 0.243 e. The molecule has 0 aromatic heterocycles. The van der Waals surface area contributed by atoms with Crippen molar-refractivity contribution in [2.45, 2.75) is 11.4 Å². The van der Waals surface area contributed by atoms with Crippen LogP contribution in [-0.4, -0.2) is 37.3 Å². The number of sulfonamides is 1. The van der Waals surface area contributed by atoms with Crippen LogP contribution in [0.15, 0.2) is 23.1 Å². The highest BCUT2D eigenvalue weighted by Crippen LogP contribution is 2.22. The summed E-state index contributed by atoms with van der Waals surface area (Å²) in [4.78, 5) is 0.122. The minimum Gasteiger partial charge on any atom is -0.326 e. The van der Waals surface area contributed by atoms with Crippen LogP contribution in [0, 0.1) is 5.82 Å². The average molecular weight is 290 g/mol. The minimum absolute atomic E-state index is 0.00888. The molecule has 0 aliphatic carbocycles. The predicted octanol–water partition coefficient (Wildman–Crippen LogP) is 1.02. The fraction of sp³-hybridized carbons (Fsp3) is 0.455. The number of nitrogens with two attached hydrogens (primary N) is 1. The normalized spacial score (nSPS) is 17.9. The summed E-state index contributed by atoms with van der Waals surface area (Å²) in [5.74, 6) is 1.12. The fourth-order valence-corrected chi connectivity index (χ4v) is 4.43. The molecule has 0 amide bonds. The molecule has 18 heavy (non-hydrogen) atoms. The molecule has 2 rings (SSSR count). The van der Waals surface area contributed by atoms with Gasteiger partial charge in [-0.05, 0) is 18.2 Å². The molecule has 2 N–H and O–H groups in total. The summed E-state index contributed by atoms with van der Waals surface area (Å²) < 4.78 is 39.4. The van der Waals surface area contributed by atoms with Crippen molar-refractivity contribution in [2.75, 3.05) is 24.6 Å². The lowest BCUT2D eigenvalue weighted by molar-refractivity contribution is 0.443. The third-order valence-corrected chi connectivity index (χ3v) is 5.68. The Hall–Kier alpha value is -0.630. The van der Waals surface area contributed by atoms with Gasteiger partial charge in [0.25, 0.3) is 0 Å². The highest BCUT2D eigenvalue weighted by Gasteiger charge is 2.26. The van der Waals surface area contributed by atoms with Crippen molar-refractivity contribution in [2.24, 2.45) is 5.73 Å². The molecule has 7 heteroatoms. The van der Waals surface area contributed by atoms with Gasteiger partial charge in [0.1, 0.15) is 5.82 Å². The van der Waals surface area contributed by atoms with Crippen molar-refractivity contribution in [1.29, 1.82) is 0 Å². The van der Waals surface area contributed by atoms with Gasteiger partial charge in [0, 0.05) is 36.7 Å². The van der Waals surface area contributed by atoms with Gasteiger partial charge in [0.15, 0.2) is 0 Å². The summed E-state index contributed by atoms with van der Waals surface area (Å²) in [6.45, 7) is 0.996. The van der Waals surface area contributed by atoms with Crippen molar-refractivity contribution in [3.05, 3.63) is 29.6 Å². The van der Waals surface area contributed by atoms with Crippen LogP contribution >= 0.6 is 11.8 Å². The van der Waals surface area contributed by atoms with E-state index in [0.717, 1.165) is 17.6 Å². The number of halogens is 1. The molecule has 1 aliphatic rings. The summed E-state index contributed by atoms with van der Waals surface area (Å²) in [5, 5.41) is 0. The highest BCUT2D eigenvalue weighted by molar-refractivity contribution is 7.99. The Balaban J connectivity index is 2.34. The summed E-state index contributed by atoms with van der Waals surface area (Å²) in [6, 6.07) is 3.78. The van der Waals surface area contributed by atoms with E-state index in [0.29, 0.717) is 13.1 Å². The van der Waals surface area contributed by atoms with Crippen LogP contribution in [0.25, 0.3) is 0 Å². The Morgan fingerprint density at radius 3 is 2.61 bits per heavy atom. The number of nitrogens with zero attached hydrogens (tertiary/aromatic N) is 1. The molecule has 1 heterocycles. The molecule has 1 aromatic carbocycles. The van der Waals surface area contributed by atoms with E-state index in [9.17, 15) is 12.8 Å². The van der Waals surface area contributed by atoms with Gasteiger partial charge in [-0.1, -0.05) is 0 Å². The Morgan fingerprint density at radius 2 is 2.00 bits per heavy atom. The van der Waals surface area contributed by atoms with Crippen molar-refractivity contribution >= 4 is 21.8 Å². The van der Waals surface area contributed by atoms with E-state index in [4.69, 9.17) is 5.73 Å². The lowest BCUT2D eigenvalue weighted by Gasteiger charge is -2.25. The van der Waals surface area contributed by atoms with Gasteiger partial charge in [0.05, 0.1) is 4.90 Å². The maximum atomic E-state index is 13.3.